The zero-order valence-corrected chi connectivity index (χ0v) is 28.2. The fourth-order valence-electron chi connectivity index (χ4n) is 5.39. The summed E-state index contributed by atoms with van der Waals surface area (Å²) < 4.78 is 34.7. The molecule has 10 nitrogen and oxygen atoms in total. The monoisotopic (exact) mass is 617 g/mol. The highest BCUT2D eigenvalue weighted by molar-refractivity contribution is 6.30. The van der Waals surface area contributed by atoms with Crippen molar-refractivity contribution in [1.82, 2.24) is 19.5 Å². The highest BCUT2D eigenvalue weighted by atomic mass is 35.5. The first-order chi connectivity index (χ1) is 19.7. The van der Waals surface area contributed by atoms with Crippen LogP contribution in [0.25, 0.3) is 11.2 Å². The molecule has 0 unspecified atom stereocenters. The lowest BCUT2D eigenvalue weighted by Crippen LogP contribution is -2.60. The molecule has 2 N–H and O–H groups in total. The maximum absolute atomic E-state index is 6.94. The molecule has 0 spiro atoms. The summed E-state index contributed by atoms with van der Waals surface area (Å²) in [7, 11) is 0. The standard InChI is InChI=1S/C32H48ClN5O5/c1-28(2,3)40-18-22-24(42-29(4,5)6)31(10,43-30(7,8)9)32(11,41-22)38-19-35-23-25(34)36-27(37-26(23)38)39-17-16-20-12-14-21(33)15-13-20/h12-15,19,22,24H,16-18H2,1-11H3,(H2,34,36,37)/t22-,24-,31-,32-/m1/s1. The summed E-state index contributed by atoms with van der Waals surface area (Å²) in [4.78, 5) is 13.7. The average molecular weight is 618 g/mol. The van der Waals surface area contributed by atoms with Gasteiger partial charge >= 0.3 is 6.01 Å². The number of anilines is 1. The van der Waals surface area contributed by atoms with Gasteiger partial charge in [-0.2, -0.15) is 9.97 Å². The molecule has 3 heterocycles. The normalized spacial score (nSPS) is 25.0. The second kappa shape index (κ2) is 11.8. The molecule has 11 heteroatoms. The first-order valence-corrected chi connectivity index (χ1v) is 15.2. The van der Waals surface area contributed by atoms with Crippen LogP contribution in [0.15, 0.2) is 30.6 Å². The highest BCUT2D eigenvalue weighted by Crippen LogP contribution is 2.51. The number of hydrogen-bond donors (Lipinski definition) is 1. The van der Waals surface area contributed by atoms with E-state index in [4.69, 9.17) is 46.0 Å². The minimum atomic E-state index is -1.14. The molecule has 43 heavy (non-hydrogen) atoms. The van der Waals surface area contributed by atoms with Gasteiger partial charge < -0.3 is 29.4 Å². The van der Waals surface area contributed by atoms with Gasteiger partial charge in [0.05, 0.1) is 36.3 Å². The zero-order valence-electron chi connectivity index (χ0n) is 27.4. The molecule has 1 saturated heterocycles. The van der Waals surface area contributed by atoms with Crippen molar-refractivity contribution in [2.24, 2.45) is 0 Å². The molecule has 4 rings (SSSR count). The molecule has 238 valence electrons. The van der Waals surface area contributed by atoms with E-state index in [1.807, 2.05) is 105 Å². The molecule has 4 atom stereocenters. The number of fused-ring (bicyclic) bond motifs is 1. The van der Waals surface area contributed by atoms with Crippen molar-refractivity contribution in [2.45, 2.75) is 123 Å². The number of rotatable bonds is 9. The molecule has 1 aromatic carbocycles. The largest absolute Gasteiger partial charge is 0.463 e. The van der Waals surface area contributed by atoms with E-state index in [2.05, 4.69) is 9.97 Å². The van der Waals surface area contributed by atoms with E-state index in [9.17, 15) is 0 Å². The lowest BCUT2D eigenvalue weighted by Gasteiger charge is -2.47. The van der Waals surface area contributed by atoms with Crippen molar-refractivity contribution < 1.29 is 23.7 Å². The van der Waals surface area contributed by atoms with Crippen LogP contribution in [0.1, 0.15) is 81.7 Å². The second-order valence-corrected chi connectivity index (χ2v) is 14.9. The van der Waals surface area contributed by atoms with Crippen molar-refractivity contribution in [3.05, 3.63) is 41.2 Å². The van der Waals surface area contributed by atoms with Gasteiger partial charge in [0.1, 0.15) is 17.8 Å². The summed E-state index contributed by atoms with van der Waals surface area (Å²) in [5.41, 5.74) is 4.79. The Morgan fingerprint density at radius 3 is 2.19 bits per heavy atom. The Hall–Kier alpha value is -2.50. The van der Waals surface area contributed by atoms with Crippen molar-refractivity contribution in [3.63, 3.8) is 0 Å². The van der Waals surface area contributed by atoms with Gasteiger partial charge in [0, 0.05) is 11.4 Å². The van der Waals surface area contributed by atoms with E-state index < -0.39 is 34.7 Å². The molecule has 1 aliphatic rings. The Balaban J connectivity index is 1.76. The molecular weight excluding hydrogens is 570 g/mol. The number of nitrogens with two attached hydrogens (primary N) is 1. The molecule has 0 aliphatic carbocycles. The van der Waals surface area contributed by atoms with Crippen LogP contribution < -0.4 is 10.5 Å². The van der Waals surface area contributed by atoms with E-state index in [1.165, 1.54) is 0 Å². The third-order valence-electron chi connectivity index (χ3n) is 7.26. The summed E-state index contributed by atoms with van der Waals surface area (Å²) in [6.07, 6.45) is 1.34. The van der Waals surface area contributed by atoms with Crippen LogP contribution in [0.3, 0.4) is 0 Å². The number of nitrogen functional groups attached to an aromatic ring is 1. The van der Waals surface area contributed by atoms with Gasteiger partial charge in [0.2, 0.25) is 0 Å². The highest BCUT2D eigenvalue weighted by Gasteiger charge is 2.66. The average Bonchev–Trinajstić information content (AvgIpc) is 3.36. The number of benzene rings is 1. The van der Waals surface area contributed by atoms with Gasteiger partial charge in [-0.25, -0.2) is 4.98 Å². The summed E-state index contributed by atoms with van der Waals surface area (Å²) in [5, 5.41) is 0.687. The van der Waals surface area contributed by atoms with E-state index in [0.717, 1.165) is 5.56 Å². The Bertz CT molecular complexity index is 1410. The van der Waals surface area contributed by atoms with Crippen molar-refractivity contribution in [1.29, 1.82) is 0 Å². The third kappa shape index (κ3) is 7.60. The maximum Gasteiger partial charge on any atom is 0.320 e. The van der Waals surface area contributed by atoms with Gasteiger partial charge in [-0.3, -0.25) is 4.57 Å². The van der Waals surface area contributed by atoms with E-state index in [0.29, 0.717) is 35.8 Å². The van der Waals surface area contributed by atoms with Crippen LogP contribution in [0.4, 0.5) is 5.82 Å². The second-order valence-electron chi connectivity index (χ2n) is 14.4. The molecule has 0 radical (unpaired) electrons. The van der Waals surface area contributed by atoms with Gasteiger partial charge in [-0.1, -0.05) is 23.7 Å². The Morgan fingerprint density at radius 2 is 1.60 bits per heavy atom. The van der Waals surface area contributed by atoms with Crippen LogP contribution in [0.5, 0.6) is 6.01 Å². The molecule has 3 aromatic rings. The van der Waals surface area contributed by atoms with E-state index in [1.54, 1.807) is 6.33 Å². The summed E-state index contributed by atoms with van der Waals surface area (Å²) >= 11 is 6.02. The number of nitrogens with zero attached hydrogens (tertiary/aromatic N) is 4. The topological polar surface area (TPSA) is 116 Å². The fourth-order valence-corrected chi connectivity index (χ4v) is 5.51. The van der Waals surface area contributed by atoms with Crippen LogP contribution in [0.2, 0.25) is 5.02 Å². The molecule has 1 aliphatic heterocycles. The molecule has 1 fully saturated rings. The van der Waals surface area contributed by atoms with Gasteiger partial charge in [-0.05, 0) is 93.9 Å². The predicted molar refractivity (Wildman–Crippen MR) is 168 cm³/mol. The molecule has 2 aromatic heterocycles. The third-order valence-corrected chi connectivity index (χ3v) is 7.51. The summed E-state index contributed by atoms with van der Waals surface area (Å²) in [6.45, 7) is 22.8. The molecule has 0 bridgehead atoms. The van der Waals surface area contributed by atoms with Crippen molar-refractivity contribution in [2.75, 3.05) is 18.9 Å². The quantitative estimate of drug-likeness (QED) is 0.294. The lowest BCUT2D eigenvalue weighted by molar-refractivity contribution is -0.250. The van der Waals surface area contributed by atoms with Crippen LogP contribution in [-0.4, -0.2) is 67.3 Å². The minimum absolute atomic E-state index is 0.149. The number of halogens is 1. The van der Waals surface area contributed by atoms with Gasteiger partial charge in [0.25, 0.3) is 0 Å². The smallest absolute Gasteiger partial charge is 0.320 e. The SMILES string of the molecule is CC(C)(C)OC[C@H]1O[C@@](C)(n2cnc3c(N)nc(OCCc4ccc(Cl)cc4)nc32)[C@](C)(OC(C)(C)C)[C@@H]1OC(C)(C)C. The Kier molecular flexibility index (Phi) is 9.15. The summed E-state index contributed by atoms with van der Waals surface area (Å²) in [5.74, 6) is 0.209. The van der Waals surface area contributed by atoms with Crippen molar-refractivity contribution in [3.8, 4) is 6.01 Å². The van der Waals surface area contributed by atoms with Gasteiger partial charge in [0.15, 0.2) is 22.7 Å². The molecule has 0 amide bonds. The van der Waals surface area contributed by atoms with Crippen molar-refractivity contribution >= 4 is 28.6 Å². The van der Waals surface area contributed by atoms with Crippen LogP contribution in [-0.2, 0) is 31.1 Å². The zero-order chi connectivity index (χ0) is 32.0. The fraction of sp³-hybridized carbons (Fsp3) is 0.656. The van der Waals surface area contributed by atoms with Crippen LogP contribution >= 0.6 is 11.6 Å². The first kappa shape index (κ1) is 33.4. The lowest BCUT2D eigenvalue weighted by atomic mass is 9.86. The first-order valence-electron chi connectivity index (χ1n) is 14.8. The number of hydrogen-bond acceptors (Lipinski definition) is 9. The predicted octanol–water partition coefficient (Wildman–Crippen LogP) is 6.33. The molecule has 0 saturated carbocycles. The number of imidazole rings is 1. The van der Waals surface area contributed by atoms with E-state index >= 15 is 0 Å². The minimum Gasteiger partial charge on any atom is -0.463 e. The van der Waals surface area contributed by atoms with E-state index in [-0.39, 0.29) is 17.4 Å². The van der Waals surface area contributed by atoms with Gasteiger partial charge in [-0.15, -0.1) is 0 Å². The maximum atomic E-state index is 6.94. The number of ether oxygens (including phenoxy) is 5. The Morgan fingerprint density at radius 1 is 0.953 bits per heavy atom. The summed E-state index contributed by atoms with van der Waals surface area (Å²) in [6, 6.07) is 7.78. The Labute approximate surface area is 260 Å². The van der Waals surface area contributed by atoms with Crippen LogP contribution in [0, 0.1) is 0 Å². The molecular formula is C32H48ClN5O5. The number of aromatic nitrogens is 4.